The molecule has 338 valence electrons. The van der Waals surface area contributed by atoms with Gasteiger partial charge in [-0.05, 0) is 62.8 Å². The topological polar surface area (TPSA) is 222 Å². The van der Waals surface area contributed by atoms with E-state index >= 15 is 0 Å². The Morgan fingerprint density at radius 1 is 0.726 bits per heavy atom. The van der Waals surface area contributed by atoms with Crippen molar-refractivity contribution < 1.29 is 57.0 Å². The highest BCUT2D eigenvalue weighted by atomic mass is 35.5. The van der Waals surface area contributed by atoms with Crippen molar-refractivity contribution in [2.45, 2.75) is 104 Å². The van der Waals surface area contributed by atoms with Crippen LogP contribution < -0.4 is 21.3 Å². The molecule has 0 spiro atoms. The Bertz CT molecular complexity index is 1910. The summed E-state index contributed by atoms with van der Waals surface area (Å²) in [7, 11) is -2.19. The molecule has 16 nitrogen and oxygen atoms in total. The number of nitrogens with one attached hydrogen (secondary N) is 4. The van der Waals surface area contributed by atoms with Crippen LogP contribution in [0.4, 0.5) is 0 Å². The highest BCUT2D eigenvalue weighted by Gasteiger charge is 2.47. The van der Waals surface area contributed by atoms with Gasteiger partial charge >= 0.3 is 26.2 Å². The highest BCUT2D eigenvalue weighted by molar-refractivity contribution is 6.52. The summed E-state index contributed by atoms with van der Waals surface area (Å²) in [6.45, 7) is 10.1. The van der Waals surface area contributed by atoms with Crippen LogP contribution in [-0.4, -0.2) is 99.8 Å². The molecular formula is C40H52B2Cl4N4O12. The van der Waals surface area contributed by atoms with Crippen LogP contribution in [0.25, 0.3) is 0 Å². The number of Topliss-reactive ketones (excluding diaryl/α,β-unsaturated/α-hetero) is 2. The third-order valence-corrected chi connectivity index (χ3v) is 10.3. The van der Waals surface area contributed by atoms with E-state index in [2.05, 4.69) is 21.3 Å². The summed E-state index contributed by atoms with van der Waals surface area (Å²) in [5.74, 6) is -5.44. The fourth-order valence-corrected chi connectivity index (χ4v) is 7.32. The van der Waals surface area contributed by atoms with Crippen LogP contribution in [0.1, 0.15) is 90.4 Å². The molecule has 2 saturated heterocycles. The minimum atomic E-state index is -1.23. The zero-order valence-corrected chi connectivity index (χ0v) is 38.4. The van der Waals surface area contributed by atoms with Gasteiger partial charge in [0.1, 0.15) is 12.2 Å². The standard InChI is InChI=1S/C40H52B2Cl4N4O12/c1-21(2)11-25(14-28(51)19-49-37(55)30(24(6)44)13-23(5)43)41-59-33(39(57)61-41)17-35(53)47-9-10-48-36(54)18-34-40(58)62-42(60-34)26(12-22(3)4)15-29(52)20-50-38(56)31-16-27(45)7-8-32(31)46/h7-8,13,16,21-22,25-26,33-34H,9-12,14-15,17-20H2,1-6H3,(H,47,53)(H,48,54)(H,49,55)(H,50,56)/b23-13+,30-24-/t25-,26-,33-,34-/m1/s1. The van der Waals surface area contributed by atoms with E-state index in [1.807, 2.05) is 27.7 Å². The smallest absolute Gasteiger partial charge is 0.507 e. The van der Waals surface area contributed by atoms with Gasteiger partial charge in [-0.3, -0.25) is 38.4 Å². The number of carbonyl (C=O) groups is 8. The molecule has 0 saturated carbocycles. The number of carbonyl (C=O) groups excluding carboxylic acids is 8. The second-order valence-electron chi connectivity index (χ2n) is 15.9. The van der Waals surface area contributed by atoms with Gasteiger partial charge in [-0.1, -0.05) is 74.1 Å². The zero-order valence-electron chi connectivity index (χ0n) is 35.4. The zero-order chi connectivity index (χ0) is 46.3. The summed E-state index contributed by atoms with van der Waals surface area (Å²) < 4.78 is 22.5. The minimum Gasteiger partial charge on any atom is -0.507 e. The predicted octanol–water partition coefficient (Wildman–Crippen LogP) is 5.12. The summed E-state index contributed by atoms with van der Waals surface area (Å²) in [6.07, 6.45) is -1.10. The molecule has 2 aliphatic heterocycles. The first-order valence-electron chi connectivity index (χ1n) is 20.1. The molecule has 0 aliphatic carbocycles. The average molecular weight is 944 g/mol. The number of ketones is 2. The summed E-state index contributed by atoms with van der Waals surface area (Å²) in [4.78, 5) is 102. The highest BCUT2D eigenvalue weighted by Crippen LogP contribution is 2.33. The monoisotopic (exact) mass is 942 g/mol. The summed E-state index contributed by atoms with van der Waals surface area (Å²) >= 11 is 24.0. The van der Waals surface area contributed by atoms with Gasteiger partial charge in [0.05, 0.1) is 42.1 Å². The number of halogens is 4. The first-order valence-corrected chi connectivity index (χ1v) is 21.6. The van der Waals surface area contributed by atoms with Gasteiger partial charge in [-0.25, -0.2) is 0 Å². The fourth-order valence-electron chi connectivity index (χ4n) is 6.70. The molecule has 0 unspecified atom stereocenters. The Labute approximate surface area is 381 Å². The van der Waals surface area contributed by atoms with Crippen molar-refractivity contribution in [3.05, 3.63) is 55.5 Å². The summed E-state index contributed by atoms with van der Waals surface area (Å²) in [5, 5.41) is 11.2. The van der Waals surface area contributed by atoms with Crippen LogP contribution in [0.15, 0.2) is 39.9 Å². The van der Waals surface area contributed by atoms with Gasteiger partial charge in [-0.15, -0.1) is 0 Å². The predicted molar refractivity (Wildman–Crippen MR) is 234 cm³/mol. The van der Waals surface area contributed by atoms with Gasteiger partial charge in [0, 0.05) is 52.7 Å². The molecule has 0 bridgehead atoms. The maximum Gasteiger partial charge on any atom is 0.531 e. The molecule has 1 aromatic carbocycles. The molecule has 3 rings (SSSR count). The molecule has 2 aliphatic rings. The fraction of sp³-hybridized carbons (Fsp3) is 0.550. The van der Waals surface area contributed by atoms with Crippen LogP contribution in [0.2, 0.25) is 21.7 Å². The molecule has 0 radical (unpaired) electrons. The number of benzene rings is 1. The van der Waals surface area contributed by atoms with Crippen LogP contribution >= 0.6 is 46.4 Å². The van der Waals surface area contributed by atoms with Crippen molar-refractivity contribution in [2.24, 2.45) is 11.8 Å². The van der Waals surface area contributed by atoms with Crippen LogP contribution in [0.5, 0.6) is 0 Å². The lowest BCUT2D eigenvalue weighted by atomic mass is 9.65. The van der Waals surface area contributed by atoms with E-state index in [0.29, 0.717) is 22.9 Å². The quantitative estimate of drug-likeness (QED) is 0.0459. The van der Waals surface area contributed by atoms with Gasteiger partial charge in [-0.2, -0.15) is 0 Å². The van der Waals surface area contributed by atoms with Crippen molar-refractivity contribution in [1.29, 1.82) is 0 Å². The Morgan fingerprint density at radius 2 is 1.19 bits per heavy atom. The Hall–Kier alpha value is -3.93. The second-order valence-corrected chi connectivity index (χ2v) is 17.9. The maximum atomic E-state index is 12.9. The average Bonchev–Trinajstić information content (AvgIpc) is 3.73. The van der Waals surface area contributed by atoms with E-state index in [-0.39, 0.29) is 96.5 Å². The molecule has 62 heavy (non-hydrogen) atoms. The Kier molecular flexibility index (Phi) is 21.5. The van der Waals surface area contributed by atoms with Crippen LogP contribution in [-0.2, 0) is 52.2 Å². The Morgan fingerprint density at radius 3 is 1.63 bits per heavy atom. The third kappa shape index (κ3) is 17.7. The minimum absolute atomic E-state index is 0.0242. The van der Waals surface area contributed by atoms with Crippen molar-refractivity contribution in [3.8, 4) is 0 Å². The molecule has 4 atom stereocenters. The van der Waals surface area contributed by atoms with Gasteiger partial charge < -0.3 is 39.9 Å². The normalized spacial score (nSPS) is 17.9. The van der Waals surface area contributed by atoms with Crippen molar-refractivity contribution in [3.63, 3.8) is 0 Å². The van der Waals surface area contributed by atoms with E-state index in [1.54, 1.807) is 6.92 Å². The van der Waals surface area contributed by atoms with Crippen LogP contribution in [0.3, 0.4) is 0 Å². The number of rotatable bonds is 24. The molecule has 22 heteroatoms. The van der Waals surface area contributed by atoms with Crippen molar-refractivity contribution in [2.75, 3.05) is 26.2 Å². The van der Waals surface area contributed by atoms with E-state index in [9.17, 15) is 38.4 Å². The maximum absolute atomic E-state index is 12.9. The molecule has 1 aromatic rings. The van der Waals surface area contributed by atoms with E-state index in [0.717, 1.165) is 0 Å². The molecule has 0 aromatic heterocycles. The van der Waals surface area contributed by atoms with Crippen molar-refractivity contribution in [1.82, 2.24) is 21.3 Å². The first kappa shape index (κ1) is 52.4. The number of hydrogen-bond acceptors (Lipinski definition) is 12. The van der Waals surface area contributed by atoms with Gasteiger partial charge in [0.25, 0.3) is 11.8 Å². The lowest BCUT2D eigenvalue weighted by Crippen LogP contribution is -2.38. The number of hydrogen-bond donors (Lipinski definition) is 4. The van der Waals surface area contributed by atoms with Crippen LogP contribution in [0, 0.1) is 11.8 Å². The summed E-state index contributed by atoms with van der Waals surface area (Å²) in [5.41, 5.74) is 0.230. The lowest BCUT2D eigenvalue weighted by molar-refractivity contribution is -0.139. The molecule has 2 fully saturated rings. The van der Waals surface area contributed by atoms with E-state index < -0.39 is 73.6 Å². The number of amides is 4. The molecule has 4 N–H and O–H groups in total. The second kappa shape index (κ2) is 25.4. The first-order chi connectivity index (χ1) is 29.1. The molecule has 4 amide bonds. The third-order valence-electron chi connectivity index (χ3n) is 9.42. The van der Waals surface area contributed by atoms with E-state index in [1.165, 1.54) is 31.2 Å². The SMILES string of the molecule is C/C(Cl)=C(\C=C(/C)Cl)C(=O)NCC(=O)C[C@@H](CC(C)C)B1OC(=O)[C@@H](CC(=O)NCCNC(=O)C[C@H]2OB([C@@H](CC(=O)CNC(=O)c3cc(Cl)ccc3Cl)CC(C)C)OC2=O)O1. The molecular weight excluding hydrogens is 892 g/mol. The number of allylic oxidation sites excluding steroid dienone is 2. The molecule has 2 heterocycles. The van der Waals surface area contributed by atoms with Gasteiger partial charge in [0.15, 0.2) is 11.6 Å². The summed E-state index contributed by atoms with van der Waals surface area (Å²) in [6, 6.07) is 4.39. The van der Waals surface area contributed by atoms with Gasteiger partial charge in [0.2, 0.25) is 11.8 Å². The van der Waals surface area contributed by atoms with Crippen molar-refractivity contribution >= 4 is 108 Å². The lowest BCUT2D eigenvalue weighted by Gasteiger charge is -2.19. The van der Waals surface area contributed by atoms with E-state index in [4.69, 9.17) is 65.0 Å². The largest absolute Gasteiger partial charge is 0.531 e. The Balaban J connectivity index is 1.42.